The van der Waals surface area contributed by atoms with E-state index in [1.807, 2.05) is 4.90 Å². The fourth-order valence-electron chi connectivity index (χ4n) is 2.83. The van der Waals surface area contributed by atoms with Crippen LogP contribution in [0.1, 0.15) is 15.9 Å². The highest BCUT2D eigenvalue weighted by molar-refractivity contribution is 5.99. The SMILES string of the molecule is CNC(=O)c1cccnc1N1CCN(Cc2ccc(F)cc2)C(=O)C1. The first kappa shape index (κ1) is 16.9. The maximum Gasteiger partial charge on any atom is 0.254 e. The summed E-state index contributed by atoms with van der Waals surface area (Å²) in [4.78, 5) is 32.3. The van der Waals surface area contributed by atoms with E-state index in [0.29, 0.717) is 31.0 Å². The molecule has 2 heterocycles. The van der Waals surface area contributed by atoms with Crippen molar-refractivity contribution in [2.45, 2.75) is 6.54 Å². The van der Waals surface area contributed by atoms with E-state index in [1.165, 1.54) is 12.1 Å². The van der Waals surface area contributed by atoms with Crippen LogP contribution in [0, 0.1) is 5.82 Å². The van der Waals surface area contributed by atoms with Crippen molar-refractivity contribution in [1.82, 2.24) is 15.2 Å². The standard InChI is InChI=1S/C18H19FN4O2/c1-20-18(25)15-3-2-8-21-17(15)23-10-9-22(16(24)12-23)11-13-4-6-14(19)7-5-13/h2-8H,9-12H2,1H3,(H,20,25). The number of carbonyl (C=O) groups excluding carboxylic acids is 2. The van der Waals surface area contributed by atoms with Gasteiger partial charge in [0.1, 0.15) is 11.6 Å². The normalized spacial score (nSPS) is 14.6. The number of benzene rings is 1. The van der Waals surface area contributed by atoms with Gasteiger partial charge >= 0.3 is 0 Å². The molecule has 0 unspecified atom stereocenters. The third-order valence-corrected chi connectivity index (χ3v) is 4.16. The molecule has 1 aromatic carbocycles. The van der Waals surface area contributed by atoms with Gasteiger partial charge in [-0.1, -0.05) is 12.1 Å². The van der Waals surface area contributed by atoms with Crippen LogP contribution in [0.4, 0.5) is 10.2 Å². The molecule has 0 bridgehead atoms. The van der Waals surface area contributed by atoms with Gasteiger partial charge in [0.15, 0.2) is 0 Å². The molecule has 25 heavy (non-hydrogen) atoms. The molecule has 1 aliphatic heterocycles. The lowest BCUT2D eigenvalue weighted by Crippen LogP contribution is -2.50. The van der Waals surface area contributed by atoms with Gasteiger partial charge < -0.3 is 15.1 Å². The second-order valence-electron chi connectivity index (χ2n) is 5.82. The van der Waals surface area contributed by atoms with Gasteiger partial charge in [-0.05, 0) is 29.8 Å². The number of amides is 2. The van der Waals surface area contributed by atoms with Crippen molar-refractivity contribution >= 4 is 17.6 Å². The zero-order chi connectivity index (χ0) is 17.8. The molecule has 0 radical (unpaired) electrons. The van der Waals surface area contributed by atoms with E-state index in [1.54, 1.807) is 42.4 Å². The number of carbonyl (C=O) groups is 2. The molecular weight excluding hydrogens is 323 g/mol. The Bertz CT molecular complexity index is 779. The van der Waals surface area contributed by atoms with Gasteiger partial charge in [-0.3, -0.25) is 9.59 Å². The number of halogens is 1. The highest BCUT2D eigenvalue weighted by atomic mass is 19.1. The Hall–Kier alpha value is -2.96. The van der Waals surface area contributed by atoms with Crippen LogP contribution in [-0.2, 0) is 11.3 Å². The molecule has 2 aromatic rings. The molecule has 1 saturated heterocycles. The van der Waals surface area contributed by atoms with Crippen LogP contribution >= 0.6 is 0 Å². The van der Waals surface area contributed by atoms with Crippen molar-refractivity contribution < 1.29 is 14.0 Å². The van der Waals surface area contributed by atoms with Gasteiger partial charge in [-0.2, -0.15) is 0 Å². The van der Waals surface area contributed by atoms with Gasteiger partial charge in [0.2, 0.25) is 5.91 Å². The van der Waals surface area contributed by atoms with Crippen LogP contribution < -0.4 is 10.2 Å². The van der Waals surface area contributed by atoms with E-state index >= 15 is 0 Å². The molecule has 6 nitrogen and oxygen atoms in total. The zero-order valence-corrected chi connectivity index (χ0v) is 13.9. The number of nitrogens with one attached hydrogen (secondary N) is 1. The minimum absolute atomic E-state index is 0.0518. The summed E-state index contributed by atoms with van der Waals surface area (Å²) in [6, 6.07) is 9.52. The van der Waals surface area contributed by atoms with Crippen molar-refractivity contribution in [2.24, 2.45) is 0 Å². The van der Waals surface area contributed by atoms with E-state index in [2.05, 4.69) is 10.3 Å². The van der Waals surface area contributed by atoms with Gasteiger partial charge in [0.25, 0.3) is 5.91 Å². The van der Waals surface area contributed by atoms with Crippen molar-refractivity contribution in [3.8, 4) is 0 Å². The Labute approximate surface area is 145 Å². The molecule has 0 atom stereocenters. The van der Waals surface area contributed by atoms with Gasteiger partial charge in [0.05, 0.1) is 12.1 Å². The second kappa shape index (κ2) is 7.29. The number of rotatable bonds is 4. The predicted octanol–water partition coefficient (Wildman–Crippen LogP) is 1.43. The maximum atomic E-state index is 13.0. The van der Waals surface area contributed by atoms with Crippen LogP contribution in [0.2, 0.25) is 0 Å². The summed E-state index contributed by atoms with van der Waals surface area (Å²) >= 11 is 0. The van der Waals surface area contributed by atoms with Gasteiger partial charge in [0, 0.05) is 32.9 Å². The number of pyridine rings is 1. The minimum atomic E-state index is -0.295. The number of piperazine rings is 1. The van der Waals surface area contributed by atoms with Gasteiger partial charge in [-0.15, -0.1) is 0 Å². The van der Waals surface area contributed by atoms with Crippen LogP contribution in [0.25, 0.3) is 0 Å². The van der Waals surface area contributed by atoms with E-state index in [-0.39, 0.29) is 24.2 Å². The predicted molar refractivity (Wildman–Crippen MR) is 91.7 cm³/mol. The highest BCUT2D eigenvalue weighted by Crippen LogP contribution is 2.20. The van der Waals surface area contributed by atoms with Crippen LogP contribution in [-0.4, -0.2) is 48.4 Å². The largest absolute Gasteiger partial charge is 0.355 e. The number of nitrogens with zero attached hydrogens (tertiary/aromatic N) is 3. The van der Waals surface area contributed by atoms with E-state index < -0.39 is 0 Å². The molecule has 0 aliphatic carbocycles. The topological polar surface area (TPSA) is 65.5 Å². The summed E-state index contributed by atoms with van der Waals surface area (Å²) in [5, 5.41) is 2.59. The first-order chi connectivity index (χ1) is 12.1. The summed E-state index contributed by atoms with van der Waals surface area (Å²) in [5.74, 6) is -0.0678. The number of hydrogen-bond acceptors (Lipinski definition) is 4. The number of aromatic nitrogens is 1. The average molecular weight is 342 g/mol. The van der Waals surface area contributed by atoms with Crippen molar-refractivity contribution in [1.29, 1.82) is 0 Å². The minimum Gasteiger partial charge on any atom is -0.355 e. The molecular formula is C18H19FN4O2. The fourth-order valence-corrected chi connectivity index (χ4v) is 2.83. The first-order valence-corrected chi connectivity index (χ1v) is 8.02. The molecule has 1 N–H and O–H groups in total. The Morgan fingerprint density at radius 3 is 2.68 bits per heavy atom. The Kier molecular flexibility index (Phi) is 4.92. The monoisotopic (exact) mass is 342 g/mol. The average Bonchev–Trinajstić information content (AvgIpc) is 2.64. The van der Waals surface area contributed by atoms with Gasteiger partial charge in [-0.25, -0.2) is 9.37 Å². The number of hydrogen-bond donors (Lipinski definition) is 1. The summed E-state index contributed by atoms with van der Waals surface area (Å²) in [7, 11) is 1.56. The third kappa shape index (κ3) is 3.76. The molecule has 1 aliphatic rings. The third-order valence-electron chi connectivity index (χ3n) is 4.16. The van der Waals surface area contributed by atoms with E-state index in [9.17, 15) is 14.0 Å². The van der Waals surface area contributed by atoms with Crippen molar-refractivity contribution in [3.63, 3.8) is 0 Å². The molecule has 7 heteroatoms. The van der Waals surface area contributed by atoms with Crippen LogP contribution in [0.3, 0.4) is 0 Å². The van der Waals surface area contributed by atoms with E-state index in [4.69, 9.17) is 0 Å². The maximum absolute atomic E-state index is 13.0. The second-order valence-corrected chi connectivity index (χ2v) is 5.82. The molecule has 1 fully saturated rings. The molecule has 130 valence electrons. The lowest BCUT2D eigenvalue weighted by Gasteiger charge is -2.35. The summed E-state index contributed by atoms with van der Waals surface area (Å²) in [5.41, 5.74) is 1.33. The first-order valence-electron chi connectivity index (χ1n) is 8.02. The number of anilines is 1. The smallest absolute Gasteiger partial charge is 0.254 e. The zero-order valence-electron chi connectivity index (χ0n) is 13.9. The van der Waals surface area contributed by atoms with Crippen LogP contribution in [0.5, 0.6) is 0 Å². The molecule has 3 rings (SSSR count). The lowest BCUT2D eigenvalue weighted by atomic mass is 10.1. The quantitative estimate of drug-likeness (QED) is 0.913. The lowest BCUT2D eigenvalue weighted by molar-refractivity contribution is -0.131. The van der Waals surface area contributed by atoms with Crippen LogP contribution in [0.15, 0.2) is 42.6 Å². The summed E-state index contributed by atoms with van der Waals surface area (Å²) in [6.07, 6.45) is 1.61. The Balaban J connectivity index is 1.71. The fraction of sp³-hybridized carbons (Fsp3) is 0.278. The highest BCUT2D eigenvalue weighted by Gasteiger charge is 2.27. The molecule has 0 spiro atoms. The van der Waals surface area contributed by atoms with E-state index in [0.717, 1.165) is 5.56 Å². The molecule has 2 amide bonds. The van der Waals surface area contributed by atoms with Crippen molar-refractivity contribution in [3.05, 3.63) is 59.5 Å². The Morgan fingerprint density at radius 1 is 1.24 bits per heavy atom. The molecule has 1 aromatic heterocycles. The summed E-state index contributed by atoms with van der Waals surface area (Å²) in [6.45, 7) is 1.69. The summed E-state index contributed by atoms with van der Waals surface area (Å²) < 4.78 is 13.0. The Morgan fingerprint density at radius 2 is 2.00 bits per heavy atom. The van der Waals surface area contributed by atoms with Crippen molar-refractivity contribution in [2.75, 3.05) is 31.6 Å². The molecule has 0 saturated carbocycles.